The fourth-order valence-electron chi connectivity index (χ4n) is 1.38. The number of hydrogen-bond donors (Lipinski definition) is 0. The minimum Gasteiger partial charge on any atom is -0.409 e. The molecule has 3 heteroatoms. The molecule has 0 saturated carbocycles. The minimum atomic E-state index is 0.0300. The van der Waals surface area contributed by atoms with E-state index >= 15 is 0 Å². The van der Waals surface area contributed by atoms with Crippen LogP contribution in [0.2, 0.25) is 6.32 Å². The molecule has 74 valence electrons. The fraction of sp³-hybridized carbons (Fsp3) is 0.800. The first-order chi connectivity index (χ1) is 6.43. The lowest BCUT2D eigenvalue weighted by molar-refractivity contribution is 0.365. The van der Waals surface area contributed by atoms with Crippen LogP contribution in [0.25, 0.3) is 0 Å². The zero-order valence-corrected chi connectivity index (χ0v) is 8.50. The van der Waals surface area contributed by atoms with Crippen molar-refractivity contribution in [1.82, 2.24) is 0 Å². The summed E-state index contributed by atoms with van der Waals surface area (Å²) in [4.78, 5) is 0. The van der Waals surface area contributed by atoms with Gasteiger partial charge in [0.1, 0.15) is 0 Å². The molecule has 0 amide bonds. The Kier molecular flexibility index (Phi) is 5.95. The predicted molar refractivity (Wildman–Crippen MR) is 55.7 cm³/mol. The molecule has 0 spiro atoms. The van der Waals surface area contributed by atoms with E-state index in [1.807, 2.05) is 0 Å². The van der Waals surface area contributed by atoms with Gasteiger partial charge in [0, 0.05) is 6.32 Å². The van der Waals surface area contributed by atoms with Crippen LogP contribution in [0.5, 0.6) is 0 Å². The number of unbranched alkanes of at least 4 members (excludes halogenated alkanes) is 3. The fourth-order valence-corrected chi connectivity index (χ4v) is 1.38. The molecule has 0 N–H and O–H groups in total. The van der Waals surface area contributed by atoms with Crippen molar-refractivity contribution in [3.05, 3.63) is 12.2 Å². The highest BCUT2D eigenvalue weighted by Crippen LogP contribution is 2.06. The van der Waals surface area contributed by atoms with Gasteiger partial charge >= 0.3 is 7.12 Å². The Morgan fingerprint density at radius 3 is 2.62 bits per heavy atom. The summed E-state index contributed by atoms with van der Waals surface area (Å²) in [5.41, 5.74) is 0. The van der Waals surface area contributed by atoms with Crippen molar-refractivity contribution in [1.29, 1.82) is 0 Å². The summed E-state index contributed by atoms with van der Waals surface area (Å²) in [6, 6.07) is 0. The third-order valence-electron chi connectivity index (χ3n) is 2.16. The van der Waals surface area contributed by atoms with E-state index < -0.39 is 0 Å². The zero-order chi connectivity index (χ0) is 9.36. The highest BCUT2D eigenvalue weighted by molar-refractivity contribution is 6.45. The molecular formula is C10H19BO2. The van der Waals surface area contributed by atoms with E-state index in [0.29, 0.717) is 0 Å². The van der Waals surface area contributed by atoms with Gasteiger partial charge < -0.3 is 9.31 Å². The summed E-state index contributed by atoms with van der Waals surface area (Å²) in [6.45, 7) is 3.74. The first-order valence-electron chi connectivity index (χ1n) is 5.31. The lowest BCUT2D eigenvalue weighted by Crippen LogP contribution is -2.11. The van der Waals surface area contributed by atoms with E-state index in [2.05, 4.69) is 19.1 Å². The maximum atomic E-state index is 5.31. The monoisotopic (exact) mass is 182 g/mol. The average molecular weight is 182 g/mol. The van der Waals surface area contributed by atoms with E-state index in [4.69, 9.17) is 9.31 Å². The third kappa shape index (κ3) is 5.11. The quantitative estimate of drug-likeness (QED) is 0.357. The summed E-state index contributed by atoms with van der Waals surface area (Å²) in [6.07, 6.45) is 10.4. The molecule has 0 bridgehead atoms. The number of rotatable bonds is 6. The van der Waals surface area contributed by atoms with E-state index in [1.54, 1.807) is 0 Å². The molecule has 0 unspecified atom stereocenters. The van der Waals surface area contributed by atoms with Crippen LogP contribution in [0.3, 0.4) is 0 Å². The van der Waals surface area contributed by atoms with Crippen LogP contribution in [-0.4, -0.2) is 20.3 Å². The standard InChI is InChI=1S/C10H19BO2/c1-2-3-4-5-6-7-8-11-12-9-10-13-11/h6-7H,2-5,8-10H2,1H3/b7-6+. The summed E-state index contributed by atoms with van der Waals surface area (Å²) in [5.74, 6) is 0. The van der Waals surface area contributed by atoms with Crippen molar-refractivity contribution in [2.75, 3.05) is 13.2 Å². The van der Waals surface area contributed by atoms with Gasteiger partial charge in [0.2, 0.25) is 0 Å². The summed E-state index contributed by atoms with van der Waals surface area (Å²) < 4.78 is 10.6. The Labute approximate surface area is 81.4 Å². The molecule has 1 fully saturated rings. The maximum Gasteiger partial charge on any atom is 0.461 e. The normalized spacial score (nSPS) is 17.5. The average Bonchev–Trinajstić information content (AvgIpc) is 2.63. The second-order valence-electron chi connectivity index (χ2n) is 3.37. The molecule has 1 aliphatic heterocycles. The molecule has 1 saturated heterocycles. The molecule has 0 aromatic heterocycles. The Morgan fingerprint density at radius 2 is 1.92 bits per heavy atom. The predicted octanol–water partition coefficient (Wildman–Crippen LogP) is 2.66. The Hall–Kier alpha value is -0.275. The zero-order valence-electron chi connectivity index (χ0n) is 8.50. The minimum absolute atomic E-state index is 0.0300. The van der Waals surface area contributed by atoms with Crippen molar-refractivity contribution in [2.24, 2.45) is 0 Å². The van der Waals surface area contributed by atoms with Gasteiger partial charge in [0.15, 0.2) is 0 Å². The first kappa shape index (κ1) is 10.8. The first-order valence-corrected chi connectivity index (χ1v) is 5.31. The van der Waals surface area contributed by atoms with E-state index in [1.165, 1.54) is 25.7 Å². The van der Waals surface area contributed by atoms with Gasteiger partial charge in [-0.25, -0.2) is 0 Å². The molecule has 0 aromatic rings. The molecule has 13 heavy (non-hydrogen) atoms. The van der Waals surface area contributed by atoms with Gasteiger partial charge in [-0.15, -0.1) is 0 Å². The Balaban J connectivity index is 1.91. The topological polar surface area (TPSA) is 18.5 Å². The summed E-state index contributed by atoms with van der Waals surface area (Å²) in [5, 5.41) is 0. The number of allylic oxidation sites excluding steroid dienone is 2. The van der Waals surface area contributed by atoms with Gasteiger partial charge in [0.05, 0.1) is 13.2 Å². The van der Waals surface area contributed by atoms with Gasteiger partial charge in [-0.3, -0.25) is 0 Å². The highest BCUT2D eigenvalue weighted by Gasteiger charge is 2.20. The largest absolute Gasteiger partial charge is 0.461 e. The Morgan fingerprint density at radius 1 is 1.15 bits per heavy atom. The van der Waals surface area contributed by atoms with Crippen LogP contribution >= 0.6 is 0 Å². The lowest BCUT2D eigenvalue weighted by atomic mass is 9.85. The molecule has 1 rings (SSSR count). The van der Waals surface area contributed by atoms with Gasteiger partial charge in [-0.2, -0.15) is 0 Å². The van der Waals surface area contributed by atoms with E-state index in [-0.39, 0.29) is 7.12 Å². The molecule has 0 atom stereocenters. The third-order valence-corrected chi connectivity index (χ3v) is 2.16. The van der Waals surface area contributed by atoms with Crippen LogP contribution in [0.4, 0.5) is 0 Å². The van der Waals surface area contributed by atoms with Gasteiger partial charge in [0.25, 0.3) is 0 Å². The molecular weight excluding hydrogens is 163 g/mol. The summed E-state index contributed by atoms with van der Waals surface area (Å²) >= 11 is 0. The molecule has 0 aromatic carbocycles. The summed E-state index contributed by atoms with van der Waals surface area (Å²) in [7, 11) is 0.0300. The van der Waals surface area contributed by atoms with E-state index in [0.717, 1.165) is 19.5 Å². The van der Waals surface area contributed by atoms with Crippen LogP contribution in [0.1, 0.15) is 32.6 Å². The second kappa shape index (κ2) is 7.16. The van der Waals surface area contributed by atoms with Crippen LogP contribution in [0, 0.1) is 0 Å². The van der Waals surface area contributed by atoms with Crippen molar-refractivity contribution in [3.63, 3.8) is 0 Å². The van der Waals surface area contributed by atoms with Crippen LogP contribution in [-0.2, 0) is 9.31 Å². The van der Waals surface area contributed by atoms with Crippen molar-refractivity contribution >= 4 is 7.12 Å². The van der Waals surface area contributed by atoms with Crippen molar-refractivity contribution < 1.29 is 9.31 Å². The maximum absolute atomic E-state index is 5.31. The second-order valence-corrected chi connectivity index (χ2v) is 3.37. The molecule has 1 aliphatic rings. The molecule has 0 aliphatic carbocycles. The highest BCUT2D eigenvalue weighted by atomic mass is 16.6. The van der Waals surface area contributed by atoms with Crippen molar-refractivity contribution in [3.8, 4) is 0 Å². The lowest BCUT2D eigenvalue weighted by Gasteiger charge is -1.97. The Bertz CT molecular complexity index is 142. The van der Waals surface area contributed by atoms with Gasteiger partial charge in [-0.1, -0.05) is 31.9 Å². The SMILES string of the molecule is CCCCC/C=C/CB1OCCO1. The van der Waals surface area contributed by atoms with Crippen molar-refractivity contribution in [2.45, 2.75) is 38.9 Å². The smallest absolute Gasteiger partial charge is 0.409 e. The van der Waals surface area contributed by atoms with Gasteiger partial charge in [-0.05, 0) is 12.8 Å². The number of hydrogen-bond acceptors (Lipinski definition) is 2. The van der Waals surface area contributed by atoms with E-state index in [9.17, 15) is 0 Å². The molecule has 2 nitrogen and oxygen atoms in total. The van der Waals surface area contributed by atoms with Crippen LogP contribution < -0.4 is 0 Å². The molecule has 1 heterocycles. The van der Waals surface area contributed by atoms with Crippen LogP contribution in [0.15, 0.2) is 12.2 Å². The molecule has 0 radical (unpaired) electrons.